The first kappa shape index (κ1) is 7.29. The molecule has 0 aromatic carbocycles. The molecule has 0 spiro atoms. The molecule has 9 heavy (non-hydrogen) atoms. The van der Waals surface area contributed by atoms with Gasteiger partial charge in [-0.2, -0.15) is 0 Å². The molecule has 0 aromatic rings. The van der Waals surface area contributed by atoms with Crippen LogP contribution >= 0.6 is 11.6 Å². The third-order valence-electron chi connectivity index (χ3n) is 1.73. The molecule has 1 rings (SSSR count). The molecule has 2 N–H and O–H groups in total. The van der Waals surface area contributed by atoms with Gasteiger partial charge in [-0.05, 0) is 19.3 Å². The van der Waals surface area contributed by atoms with Crippen molar-refractivity contribution in [3.05, 3.63) is 0 Å². The van der Waals surface area contributed by atoms with Gasteiger partial charge < -0.3 is 5.73 Å². The molecule has 3 heteroatoms. The second-order valence-corrected chi connectivity index (χ2v) is 3.17. The van der Waals surface area contributed by atoms with E-state index in [9.17, 15) is 4.39 Å². The zero-order chi connectivity index (χ0) is 6.85. The monoisotopic (exact) mass is 151 g/mol. The fourth-order valence-corrected chi connectivity index (χ4v) is 1.46. The van der Waals surface area contributed by atoms with Gasteiger partial charge in [-0.3, -0.25) is 0 Å². The minimum atomic E-state index is -0.827. The van der Waals surface area contributed by atoms with E-state index in [2.05, 4.69) is 0 Å². The molecule has 1 nitrogen and oxygen atoms in total. The lowest BCUT2D eigenvalue weighted by atomic mass is 9.94. The highest BCUT2D eigenvalue weighted by molar-refractivity contribution is 6.21. The second-order valence-electron chi connectivity index (χ2n) is 2.61. The Balaban J connectivity index is 2.35. The number of rotatable bonds is 0. The Kier molecular flexibility index (Phi) is 2.30. The summed E-state index contributed by atoms with van der Waals surface area (Å²) in [7, 11) is 0. The molecule has 54 valence electrons. The third-order valence-corrected chi connectivity index (χ3v) is 2.19. The van der Waals surface area contributed by atoms with Gasteiger partial charge >= 0.3 is 0 Å². The highest BCUT2D eigenvalue weighted by Gasteiger charge is 2.26. The summed E-state index contributed by atoms with van der Waals surface area (Å²) in [5.41, 5.74) is 5.54. The molecule has 0 aliphatic heterocycles. The van der Waals surface area contributed by atoms with Crippen molar-refractivity contribution in [2.75, 3.05) is 0 Å². The van der Waals surface area contributed by atoms with Gasteiger partial charge in [0.2, 0.25) is 0 Å². The number of alkyl halides is 2. The summed E-state index contributed by atoms with van der Waals surface area (Å²) >= 11 is 5.61. The quantitative estimate of drug-likeness (QED) is 0.521. The van der Waals surface area contributed by atoms with Crippen LogP contribution in [0.5, 0.6) is 0 Å². The maximum atomic E-state index is 12.6. The Morgan fingerprint density at radius 2 is 2.11 bits per heavy atom. The van der Waals surface area contributed by atoms with Crippen molar-refractivity contribution in [2.24, 2.45) is 5.73 Å². The van der Waals surface area contributed by atoms with Crippen LogP contribution < -0.4 is 5.73 Å². The molecule has 0 bridgehead atoms. The van der Waals surface area contributed by atoms with E-state index in [1.807, 2.05) is 0 Å². The topological polar surface area (TPSA) is 26.0 Å². The standard InChI is InChI=1S/C6H11ClFN/c7-5-3-4(9)1-2-6(5)8/h4-6H,1-3,9H2/t4?,5-,6?/m0/s1. The van der Waals surface area contributed by atoms with E-state index >= 15 is 0 Å². The van der Waals surface area contributed by atoms with Crippen LogP contribution in [0.4, 0.5) is 4.39 Å². The molecular weight excluding hydrogens is 141 g/mol. The Labute approximate surface area is 59.4 Å². The normalized spacial score (nSPS) is 45.0. The van der Waals surface area contributed by atoms with Crippen molar-refractivity contribution in [3.8, 4) is 0 Å². The highest BCUT2D eigenvalue weighted by atomic mass is 35.5. The smallest absolute Gasteiger partial charge is 0.117 e. The molecule has 1 aliphatic carbocycles. The van der Waals surface area contributed by atoms with Crippen molar-refractivity contribution >= 4 is 11.6 Å². The molecule has 0 aromatic heterocycles. The first-order valence-electron chi connectivity index (χ1n) is 3.24. The van der Waals surface area contributed by atoms with E-state index in [-0.39, 0.29) is 11.4 Å². The van der Waals surface area contributed by atoms with Crippen LogP contribution in [-0.4, -0.2) is 17.6 Å². The molecule has 1 aliphatic rings. The average Bonchev–Trinajstić information content (AvgIpc) is 1.80. The Bertz CT molecular complexity index is 99.1. The second kappa shape index (κ2) is 2.84. The molecule has 0 amide bonds. The Hall–Kier alpha value is 0.180. The molecule has 1 saturated carbocycles. The summed E-state index contributed by atoms with van der Waals surface area (Å²) in [5, 5.41) is -0.339. The van der Waals surface area contributed by atoms with Crippen LogP contribution in [-0.2, 0) is 0 Å². The first-order valence-corrected chi connectivity index (χ1v) is 3.67. The summed E-state index contributed by atoms with van der Waals surface area (Å²) in [6.07, 6.45) is 1.12. The molecule has 0 saturated heterocycles. The Morgan fingerprint density at radius 1 is 1.44 bits per heavy atom. The van der Waals surface area contributed by atoms with Crippen molar-refractivity contribution in [1.82, 2.24) is 0 Å². The minimum absolute atomic E-state index is 0.125. The van der Waals surface area contributed by atoms with Gasteiger partial charge in [0.15, 0.2) is 0 Å². The zero-order valence-corrected chi connectivity index (χ0v) is 5.94. The van der Waals surface area contributed by atoms with Crippen molar-refractivity contribution in [1.29, 1.82) is 0 Å². The first-order chi connectivity index (χ1) is 4.20. The summed E-state index contributed by atoms with van der Waals surface area (Å²) in [4.78, 5) is 0. The van der Waals surface area contributed by atoms with E-state index in [1.165, 1.54) is 0 Å². The fourth-order valence-electron chi connectivity index (χ4n) is 1.11. The lowest BCUT2D eigenvalue weighted by Crippen LogP contribution is -2.34. The van der Waals surface area contributed by atoms with E-state index in [4.69, 9.17) is 17.3 Å². The summed E-state index contributed by atoms with van der Waals surface area (Å²) in [6, 6.07) is 0.125. The lowest BCUT2D eigenvalue weighted by Gasteiger charge is -2.25. The van der Waals surface area contributed by atoms with Crippen LogP contribution in [0.15, 0.2) is 0 Å². The van der Waals surface area contributed by atoms with Crippen LogP contribution in [0.1, 0.15) is 19.3 Å². The molecule has 2 unspecified atom stereocenters. The number of halogens is 2. The predicted molar refractivity (Wildman–Crippen MR) is 36.4 cm³/mol. The van der Waals surface area contributed by atoms with Crippen LogP contribution in [0.25, 0.3) is 0 Å². The molecule has 3 atom stereocenters. The third kappa shape index (κ3) is 1.80. The molecule has 0 heterocycles. The summed E-state index contributed by atoms with van der Waals surface area (Å²) in [5.74, 6) is 0. The van der Waals surface area contributed by atoms with E-state index in [0.29, 0.717) is 12.8 Å². The molecule has 1 fully saturated rings. The van der Waals surface area contributed by atoms with Crippen LogP contribution in [0.3, 0.4) is 0 Å². The van der Waals surface area contributed by atoms with Gasteiger partial charge in [-0.1, -0.05) is 0 Å². The fraction of sp³-hybridized carbons (Fsp3) is 1.00. The minimum Gasteiger partial charge on any atom is -0.328 e. The lowest BCUT2D eigenvalue weighted by molar-refractivity contribution is 0.241. The van der Waals surface area contributed by atoms with Gasteiger partial charge in [0, 0.05) is 6.04 Å². The number of nitrogens with two attached hydrogens (primary N) is 1. The maximum Gasteiger partial charge on any atom is 0.117 e. The van der Waals surface area contributed by atoms with Gasteiger partial charge in [0.05, 0.1) is 5.38 Å². The van der Waals surface area contributed by atoms with Crippen LogP contribution in [0.2, 0.25) is 0 Å². The highest BCUT2D eigenvalue weighted by Crippen LogP contribution is 2.24. The summed E-state index contributed by atoms with van der Waals surface area (Å²) in [6.45, 7) is 0. The van der Waals surface area contributed by atoms with E-state index < -0.39 is 6.17 Å². The van der Waals surface area contributed by atoms with Gasteiger partial charge in [-0.25, -0.2) is 4.39 Å². The van der Waals surface area contributed by atoms with Gasteiger partial charge in [-0.15, -0.1) is 11.6 Å². The number of hydrogen-bond donors (Lipinski definition) is 1. The van der Waals surface area contributed by atoms with Crippen molar-refractivity contribution < 1.29 is 4.39 Å². The zero-order valence-electron chi connectivity index (χ0n) is 5.19. The number of hydrogen-bond acceptors (Lipinski definition) is 1. The van der Waals surface area contributed by atoms with Crippen molar-refractivity contribution in [2.45, 2.75) is 36.9 Å². The molecule has 0 radical (unpaired) electrons. The maximum absolute atomic E-state index is 12.6. The van der Waals surface area contributed by atoms with E-state index in [1.54, 1.807) is 0 Å². The van der Waals surface area contributed by atoms with E-state index in [0.717, 1.165) is 6.42 Å². The molecular formula is C6H11ClFN. The SMILES string of the molecule is NC1CCC(F)[C@@H](Cl)C1. The predicted octanol–water partition coefficient (Wildman–Crippen LogP) is 1.44. The van der Waals surface area contributed by atoms with Crippen molar-refractivity contribution in [3.63, 3.8) is 0 Å². The Morgan fingerprint density at radius 3 is 2.56 bits per heavy atom. The van der Waals surface area contributed by atoms with Crippen LogP contribution in [0, 0.1) is 0 Å². The summed E-state index contributed by atoms with van der Waals surface area (Å²) < 4.78 is 12.6. The van der Waals surface area contributed by atoms with Gasteiger partial charge in [0.25, 0.3) is 0 Å². The average molecular weight is 152 g/mol. The van der Waals surface area contributed by atoms with Gasteiger partial charge in [0.1, 0.15) is 6.17 Å². The largest absolute Gasteiger partial charge is 0.328 e.